The first-order valence-electron chi connectivity index (χ1n) is 11.0. The predicted octanol–water partition coefficient (Wildman–Crippen LogP) is 8.96. The Labute approximate surface area is 184 Å². The molecule has 0 nitrogen and oxygen atoms in total. The Kier molecular flexibility index (Phi) is 5.14. The Morgan fingerprint density at radius 1 is 0.452 bits per heavy atom. The quantitative estimate of drug-likeness (QED) is 0.283. The first kappa shape index (κ1) is 19.3. The molecule has 0 aliphatic rings. The first-order valence-corrected chi connectivity index (χ1v) is 11.0. The van der Waals surface area contributed by atoms with Gasteiger partial charge in [-0.05, 0) is 73.8 Å². The van der Waals surface area contributed by atoms with Crippen LogP contribution in [0.3, 0.4) is 0 Å². The Hall–Kier alpha value is -3.64. The summed E-state index contributed by atoms with van der Waals surface area (Å²) in [7, 11) is 0. The van der Waals surface area contributed by atoms with Gasteiger partial charge in [0.05, 0.1) is 0 Å². The lowest BCUT2D eigenvalue weighted by molar-refractivity contribution is 0.867. The summed E-state index contributed by atoms with van der Waals surface area (Å²) >= 11 is 0. The van der Waals surface area contributed by atoms with Crippen LogP contribution in [-0.2, 0) is 0 Å². The Balaban J connectivity index is 1.69. The van der Waals surface area contributed by atoms with Crippen molar-refractivity contribution in [2.45, 2.75) is 19.8 Å². The predicted molar refractivity (Wildman–Crippen MR) is 134 cm³/mol. The van der Waals surface area contributed by atoms with Crippen LogP contribution in [0, 0.1) is 0 Å². The topological polar surface area (TPSA) is 0 Å². The van der Waals surface area contributed by atoms with E-state index in [1.165, 1.54) is 49.7 Å². The van der Waals surface area contributed by atoms with E-state index < -0.39 is 0 Å². The molecule has 5 aromatic carbocycles. The monoisotopic (exact) mass is 398 g/mol. The van der Waals surface area contributed by atoms with E-state index in [1.807, 2.05) is 0 Å². The average Bonchev–Trinajstić information content (AvgIpc) is 2.84. The minimum absolute atomic E-state index is 0.549. The zero-order valence-corrected chi connectivity index (χ0v) is 18.0. The van der Waals surface area contributed by atoms with Crippen molar-refractivity contribution in [3.63, 3.8) is 0 Å². The van der Waals surface area contributed by atoms with Crippen molar-refractivity contribution in [1.82, 2.24) is 0 Å². The van der Waals surface area contributed by atoms with E-state index in [0.29, 0.717) is 5.92 Å². The summed E-state index contributed by atoms with van der Waals surface area (Å²) in [5.41, 5.74) is 8.91. The van der Waals surface area contributed by atoms with Gasteiger partial charge in [-0.15, -0.1) is 0 Å². The number of benzene rings is 5. The van der Waals surface area contributed by atoms with Crippen LogP contribution in [0.15, 0.2) is 115 Å². The van der Waals surface area contributed by atoms with E-state index in [4.69, 9.17) is 0 Å². The molecule has 0 atom stereocenters. The van der Waals surface area contributed by atoms with Crippen LogP contribution in [0.2, 0.25) is 0 Å². The molecule has 0 saturated heterocycles. The molecular formula is C31H26. The molecule has 0 aliphatic heterocycles. The molecule has 150 valence electrons. The summed E-state index contributed by atoms with van der Waals surface area (Å²) in [6.45, 7) is 4.47. The van der Waals surface area contributed by atoms with Gasteiger partial charge in [0.25, 0.3) is 0 Å². The van der Waals surface area contributed by atoms with Crippen LogP contribution in [-0.4, -0.2) is 0 Å². The lowest BCUT2D eigenvalue weighted by Crippen LogP contribution is -1.88. The van der Waals surface area contributed by atoms with Crippen LogP contribution >= 0.6 is 0 Å². The van der Waals surface area contributed by atoms with E-state index in [9.17, 15) is 0 Å². The lowest BCUT2D eigenvalue weighted by atomic mass is 9.91. The van der Waals surface area contributed by atoms with Crippen molar-refractivity contribution in [1.29, 1.82) is 0 Å². The van der Waals surface area contributed by atoms with Gasteiger partial charge in [0.2, 0.25) is 0 Å². The highest BCUT2D eigenvalue weighted by molar-refractivity contribution is 6.01. The molecule has 0 saturated carbocycles. The zero-order valence-electron chi connectivity index (χ0n) is 18.0. The third-order valence-electron chi connectivity index (χ3n) is 6.06. The van der Waals surface area contributed by atoms with Crippen molar-refractivity contribution in [2.75, 3.05) is 0 Å². The Bertz CT molecular complexity index is 1310. The second-order valence-electron chi connectivity index (χ2n) is 8.47. The minimum Gasteiger partial charge on any atom is -0.0622 e. The number of hydrogen-bond donors (Lipinski definition) is 0. The molecule has 0 aliphatic carbocycles. The van der Waals surface area contributed by atoms with E-state index in [1.54, 1.807) is 0 Å². The van der Waals surface area contributed by atoms with Crippen molar-refractivity contribution in [3.8, 4) is 33.4 Å². The summed E-state index contributed by atoms with van der Waals surface area (Å²) in [6, 6.07) is 41.8. The van der Waals surface area contributed by atoms with Gasteiger partial charge < -0.3 is 0 Å². The molecule has 0 spiro atoms. The maximum Gasteiger partial charge on any atom is -0.00992 e. The summed E-state index contributed by atoms with van der Waals surface area (Å²) in [4.78, 5) is 0. The van der Waals surface area contributed by atoms with Gasteiger partial charge in [0.1, 0.15) is 0 Å². The van der Waals surface area contributed by atoms with Crippen LogP contribution < -0.4 is 0 Å². The van der Waals surface area contributed by atoms with Crippen LogP contribution in [0.5, 0.6) is 0 Å². The first-order chi connectivity index (χ1) is 15.2. The SMILES string of the molecule is CC(C)c1ccc(-c2ccc3c(-c4ccccc4)cc(-c4ccccc4)cc3c2)cc1. The maximum absolute atomic E-state index is 2.33. The number of hydrogen-bond acceptors (Lipinski definition) is 0. The Morgan fingerprint density at radius 3 is 1.65 bits per heavy atom. The molecule has 0 bridgehead atoms. The molecule has 0 heterocycles. The molecule has 0 amide bonds. The van der Waals surface area contributed by atoms with E-state index in [2.05, 4.69) is 129 Å². The van der Waals surface area contributed by atoms with Gasteiger partial charge in [-0.3, -0.25) is 0 Å². The van der Waals surface area contributed by atoms with E-state index >= 15 is 0 Å². The molecule has 31 heavy (non-hydrogen) atoms. The van der Waals surface area contributed by atoms with Crippen molar-refractivity contribution in [3.05, 3.63) is 121 Å². The second kappa shape index (κ2) is 8.24. The van der Waals surface area contributed by atoms with Gasteiger partial charge >= 0.3 is 0 Å². The molecule has 0 N–H and O–H groups in total. The fourth-order valence-corrected chi connectivity index (χ4v) is 4.26. The summed E-state index contributed by atoms with van der Waals surface area (Å²) in [5.74, 6) is 0.549. The average molecular weight is 399 g/mol. The maximum atomic E-state index is 2.33. The van der Waals surface area contributed by atoms with Crippen molar-refractivity contribution >= 4 is 10.8 Å². The van der Waals surface area contributed by atoms with Crippen molar-refractivity contribution in [2.24, 2.45) is 0 Å². The standard InChI is InChI=1S/C31H26/c1-22(2)23-13-15-25(16-14-23)27-17-18-30-29(19-27)20-28(24-9-5-3-6-10-24)21-31(30)26-11-7-4-8-12-26/h3-22H,1-2H3. The van der Waals surface area contributed by atoms with Gasteiger partial charge in [-0.1, -0.05) is 111 Å². The highest BCUT2D eigenvalue weighted by atomic mass is 14.1. The molecule has 5 rings (SSSR count). The summed E-state index contributed by atoms with van der Waals surface area (Å²) < 4.78 is 0. The normalized spacial score (nSPS) is 11.2. The van der Waals surface area contributed by atoms with Gasteiger partial charge in [0, 0.05) is 0 Å². The van der Waals surface area contributed by atoms with Gasteiger partial charge in [0.15, 0.2) is 0 Å². The molecule has 0 radical (unpaired) electrons. The summed E-state index contributed by atoms with van der Waals surface area (Å²) in [5, 5.41) is 2.55. The second-order valence-corrected chi connectivity index (χ2v) is 8.47. The third kappa shape index (κ3) is 3.90. The molecular weight excluding hydrogens is 372 g/mol. The van der Waals surface area contributed by atoms with Crippen LogP contribution in [0.25, 0.3) is 44.2 Å². The van der Waals surface area contributed by atoms with E-state index in [-0.39, 0.29) is 0 Å². The minimum atomic E-state index is 0.549. The number of fused-ring (bicyclic) bond motifs is 1. The van der Waals surface area contributed by atoms with Gasteiger partial charge in [-0.2, -0.15) is 0 Å². The van der Waals surface area contributed by atoms with E-state index in [0.717, 1.165) is 0 Å². The van der Waals surface area contributed by atoms with Crippen LogP contribution in [0.1, 0.15) is 25.3 Å². The smallest absolute Gasteiger partial charge is 0.00992 e. The Morgan fingerprint density at radius 2 is 1.00 bits per heavy atom. The van der Waals surface area contributed by atoms with Gasteiger partial charge in [-0.25, -0.2) is 0 Å². The largest absolute Gasteiger partial charge is 0.0622 e. The lowest BCUT2D eigenvalue weighted by Gasteiger charge is -2.13. The fourth-order valence-electron chi connectivity index (χ4n) is 4.26. The van der Waals surface area contributed by atoms with Crippen LogP contribution in [0.4, 0.5) is 0 Å². The third-order valence-corrected chi connectivity index (χ3v) is 6.06. The van der Waals surface area contributed by atoms with Crippen molar-refractivity contribution < 1.29 is 0 Å². The highest BCUT2D eigenvalue weighted by Crippen LogP contribution is 2.36. The summed E-state index contributed by atoms with van der Waals surface area (Å²) in [6.07, 6.45) is 0. The zero-order chi connectivity index (χ0) is 21.2. The molecule has 0 unspecified atom stereocenters. The molecule has 5 aromatic rings. The highest BCUT2D eigenvalue weighted by Gasteiger charge is 2.10. The molecule has 0 fully saturated rings. The fraction of sp³-hybridized carbons (Fsp3) is 0.0968. The molecule has 0 heteroatoms. The number of rotatable bonds is 4. The molecule has 0 aromatic heterocycles.